The highest BCUT2D eigenvalue weighted by molar-refractivity contribution is 5.87. The Kier molecular flexibility index (Phi) is 7.33. The molecule has 2 aliphatic rings. The minimum atomic E-state index is -4.43. The summed E-state index contributed by atoms with van der Waals surface area (Å²) in [6.45, 7) is 3.84. The lowest BCUT2D eigenvalue weighted by Gasteiger charge is -2.43. The molecule has 2 aromatic carbocycles. The van der Waals surface area contributed by atoms with Crippen LogP contribution in [0.1, 0.15) is 48.9 Å². The highest BCUT2D eigenvalue weighted by Gasteiger charge is 2.48. The van der Waals surface area contributed by atoms with Gasteiger partial charge in [0, 0.05) is 26.3 Å². The van der Waals surface area contributed by atoms with Crippen molar-refractivity contribution < 1.29 is 27.4 Å². The van der Waals surface area contributed by atoms with Crippen molar-refractivity contribution in [2.45, 2.75) is 50.0 Å². The number of halogens is 3. The molecule has 0 bridgehead atoms. The number of ether oxygens (including phenoxy) is 2. The second-order valence-corrected chi connectivity index (χ2v) is 9.07. The maximum atomic E-state index is 13.6. The molecule has 0 radical (unpaired) electrons. The van der Waals surface area contributed by atoms with Gasteiger partial charge in [0.1, 0.15) is 17.4 Å². The van der Waals surface area contributed by atoms with Crippen LogP contribution in [0.25, 0.3) is 0 Å². The molecule has 0 aliphatic carbocycles. The van der Waals surface area contributed by atoms with Gasteiger partial charge in [-0.2, -0.15) is 18.4 Å². The van der Waals surface area contributed by atoms with Gasteiger partial charge in [0.15, 0.2) is 0 Å². The second-order valence-electron chi connectivity index (χ2n) is 9.07. The molecule has 1 amide bonds. The van der Waals surface area contributed by atoms with Crippen LogP contribution in [0, 0.1) is 11.3 Å². The number of rotatable bonds is 6. The van der Waals surface area contributed by atoms with Gasteiger partial charge in [0.2, 0.25) is 5.91 Å². The van der Waals surface area contributed by atoms with E-state index in [2.05, 4.69) is 16.3 Å². The molecule has 2 atom stereocenters. The zero-order valence-electron chi connectivity index (χ0n) is 19.5. The Morgan fingerprint density at radius 3 is 2.60 bits per heavy atom. The number of carbonyl (C=O) groups is 1. The monoisotopic (exact) mass is 487 g/mol. The molecule has 2 aromatic rings. The van der Waals surface area contributed by atoms with Crippen LogP contribution >= 0.6 is 0 Å². The molecule has 2 heterocycles. The summed E-state index contributed by atoms with van der Waals surface area (Å²) in [4.78, 5) is 15.7. The van der Waals surface area contributed by atoms with Crippen LogP contribution in [-0.2, 0) is 15.7 Å². The zero-order chi connectivity index (χ0) is 25.1. The van der Waals surface area contributed by atoms with E-state index in [0.717, 1.165) is 17.7 Å². The molecule has 1 unspecified atom stereocenters. The number of likely N-dealkylation sites (tertiary alicyclic amines) is 1. The third-order valence-electron chi connectivity index (χ3n) is 6.84. The summed E-state index contributed by atoms with van der Waals surface area (Å²) >= 11 is 0. The van der Waals surface area contributed by atoms with Crippen molar-refractivity contribution in [3.8, 4) is 11.8 Å². The van der Waals surface area contributed by atoms with Gasteiger partial charge < -0.3 is 14.8 Å². The van der Waals surface area contributed by atoms with E-state index < -0.39 is 17.3 Å². The lowest BCUT2D eigenvalue weighted by Crippen LogP contribution is -2.61. The lowest BCUT2D eigenvalue weighted by atomic mass is 9.86. The number of hydrogen-bond acceptors (Lipinski definition) is 5. The normalized spacial score (nSPS) is 21.2. The molecule has 1 N–H and O–H groups in total. The molecule has 2 fully saturated rings. The first-order chi connectivity index (χ1) is 16.7. The molecule has 0 aromatic heterocycles. The van der Waals surface area contributed by atoms with E-state index in [1.165, 1.54) is 12.1 Å². The molecule has 2 aliphatic heterocycles. The van der Waals surface area contributed by atoms with Gasteiger partial charge in [-0.15, -0.1) is 0 Å². The number of nitrogens with one attached hydrogen (secondary N) is 1. The average Bonchev–Trinajstić information content (AvgIpc) is 3.33. The average molecular weight is 488 g/mol. The molecule has 35 heavy (non-hydrogen) atoms. The molecule has 0 spiro atoms. The smallest absolute Gasteiger partial charge is 0.416 e. The summed E-state index contributed by atoms with van der Waals surface area (Å²) in [5.41, 5.74) is -0.0731. The molecule has 2 saturated heterocycles. The summed E-state index contributed by atoms with van der Waals surface area (Å²) < 4.78 is 50.6. The molecule has 0 saturated carbocycles. The van der Waals surface area contributed by atoms with Crippen molar-refractivity contribution in [1.82, 2.24) is 10.2 Å². The van der Waals surface area contributed by atoms with Crippen LogP contribution in [0.15, 0.2) is 48.5 Å². The van der Waals surface area contributed by atoms with E-state index in [4.69, 9.17) is 14.7 Å². The molecule has 186 valence electrons. The van der Waals surface area contributed by atoms with Crippen LogP contribution in [0.2, 0.25) is 0 Å². The van der Waals surface area contributed by atoms with Crippen molar-refractivity contribution in [2.75, 3.05) is 26.3 Å². The van der Waals surface area contributed by atoms with E-state index in [0.29, 0.717) is 51.1 Å². The third-order valence-corrected chi connectivity index (χ3v) is 6.84. The zero-order valence-corrected chi connectivity index (χ0v) is 19.5. The lowest BCUT2D eigenvalue weighted by molar-refractivity contribution is -0.141. The Bertz CT molecular complexity index is 1080. The van der Waals surface area contributed by atoms with Gasteiger partial charge in [0.05, 0.1) is 23.2 Å². The van der Waals surface area contributed by atoms with E-state index in [9.17, 15) is 18.0 Å². The Morgan fingerprint density at radius 2 is 1.94 bits per heavy atom. The number of hydrogen-bond donors (Lipinski definition) is 1. The first kappa shape index (κ1) is 25.0. The quantitative estimate of drug-likeness (QED) is 0.652. The van der Waals surface area contributed by atoms with E-state index in [-0.39, 0.29) is 23.8 Å². The van der Waals surface area contributed by atoms with Gasteiger partial charge in [-0.1, -0.05) is 18.2 Å². The van der Waals surface area contributed by atoms with Crippen molar-refractivity contribution in [3.63, 3.8) is 0 Å². The van der Waals surface area contributed by atoms with E-state index >= 15 is 0 Å². The van der Waals surface area contributed by atoms with Crippen LogP contribution in [-0.4, -0.2) is 48.8 Å². The van der Waals surface area contributed by atoms with Gasteiger partial charge in [-0.3, -0.25) is 9.69 Å². The predicted octanol–water partition coefficient (Wildman–Crippen LogP) is 4.46. The number of alkyl halides is 3. The van der Waals surface area contributed by atoms with Crippen LogP contribution in [0.5, 0.6) is 5.75 Å². The van der Waals surface area contributed by atoms with Crippen molar-refractivity contribution in [1.29, 1.82) is 5.26 Å². The first-order valence-electron chi connectivity index (χ1n) is 11.7. The van der Waals surface area contributed by atoms with Crippen molar-refractivity contribution in [2.24, 2.45) is 0 Å². The number of carbonyl (C=O) groups excluding carboxylic acids is 1. The topological polar surface area (TPSA) is 74.6 Å². The molecule has 6 nitrogen and oxygen atoms in total. The van der Waals surface area contributed by atoms with E-state index in [1.807, 2.05) is 19.1 Å². The fourth-order valence-electron chi connectivity index (χ4n) is 4.81. The molecular weight excluding hydrogens is 459 g/mol. The number of amides is 1. The number of benzene rings is 2. The van der Waals surface area contributed by atoms with Gasteiger partial charge in [0.25, 0.3) is 0 Å². The van der Waals surface area contributed by atoms with Crippen molar-refractivity contribution >= 4 is 5.91 Å². The van der Waals surface area contributed by atoms with Crippen LogP contribution in [0.3, 0.4) is 0 Å². The SMILES string of the molecule is C[C@H](NC(=O)C1(N2CCC(Oc3cccc(C(F)(F)F)c3)C2)CCOCC1)c1ccc(C#N)cc1. The summed E-state index contributed by atoms with van der Waals surface area (Å²) in [6.07, 6.45) is -3.10. The first-order valence-corrected chi connectivity index (χ1v) is 11.7. The number of nitrogens with zero attached hydrogens (tertiary/aromatic N) is 2. The third kappa shape index (κ3) is 5.60. The van der Waals surface area contributed by atoms with Crippen molar-refractivity contribution in [3.05, 3.63) is 65.2 Å². The maximum Gasteiger partial charge on any atom is 0.416 e. The number of nitriles is 1. The van der Waals surface area contributed by atoms with Gasteiger partial charge in [-0.25, -0.2) is 0 Å². The Labute approximate surface area is 202 Å². The Hall–Kier alpha value is -3.09. The van der Waals surface area contributed by atoms with E-state index in [1.54, 1.807) is 12.1 Å². The summed E-state index contributed by atoms with van der Waals surface area (Å²) in [6, 6.07) is 13.8. The molecule has 4 rings (SSSR count). The highest BCUT2D eigenvalue weighted by Crippen LogP contribution is 2.35. The standard InChI is InChI=1S/C26H28F3N3O3/c1-18(20-7-5-19(16-30)6-8-20)31-24(33)25(10-13-34-14-11-25)32-12-9-23(17-32)35-22-4-2-3-21(15-22)26(27,28)29/h2-8,15,18,23H,9-14,17H2,1H3,(H,31,33)/t18-,23?/m0/s1. The largest absolute Gasteiger partial charge is 0.489 e. The maximum absolute atomic E-state index is 13.6. The predicted molar refractivity (Wildman–Crippen MR) is 123 cm³/mol. The second kappa shape index (κ2) is 10.3. The fourth-order valence-corrected chi connectivity index (χ4v) is 4.81. The van der Waals surface area contributed by atoms with Gasteiger partial charge >= 0.3 is 6.18 Å². The minimum Gasteiger partial charge on any atom is -0.489 e. The summed E-state index contributed by atoms with van der Waals surface area (Å²) in [5.74, 6) is 0.0731. The summed E-state index contributed by atoms with van der Waals surface area (Å²) in [5, 5.41) is 12.1. The van der Waals surface area contributed by atoms with Crippen LogP contribution in [0.4, 0.5) is 13.2 Å². The minimum absolute atomic E-state index is 0.0996. The fraction of sp³-hybridized carbons (Fsp3) is 0.462. The van der Waals surface area contributed by atoms with Gasteiger partial charge in [-0.05, 0) is 62.1 Å². The Balaban J connectivity index is 1.45. The molecular formula is C26H28F3N3O3. The highest BCUT2D eigenvalue weighted by atomic mass is 19.4. The Morgan fingerprint density at radius 1 is 1.23 bits per heavy atom. The summed E-state index contributed by atoms with van der Waals surface area (Å²) in [7, 11) is 0. The van der Waals surface area contributed by atoms with Crippen LogP contribution < -0.4 is 10.1 Å². The molecule has 9 heteroatoms.